The predicted octanol–water partition coefficient (Wildman–Crippen LogP) is 4.35. The van der Waals surface area contributed by atoms with Crippen LogP contribution in [0.2, 0.25) is 0 Å². The topological polar surface area (TPSA) is 31.0 Å². The zero-order valence-electron chi connectivity index (χ0n) is 16.2. The average Bonchev–Trinajstić information content (AvgIpc) is 3.10. The number of hydrogen-bond acceptors (Lipinski definition) is 5. The monoisotopic (exact) mass is 442 g/mol. The second kappa shape index (κ2) is 8.99. The highest BCUT2D eigenvalue weighted by atomic mass is 79.9. The lowest BCUT2D eigenvalue weighted by molar-refractivity contribution is 0.101. The molecule has 1 saturated heterocycles. The standard InChI is InChI=1S/C22H27BrN4O/c1-25-16-22(27(24-25)21-5-3-2-4-6-21)28-17-19-11-13-26(14-12-19)15-18-7-9-20(23)10-8-18/h2-10,16,19,24H,11-15,17H2,1H3. The van der Waals surface area contributed by atoms with E-state index >= 15 is 0 Å². The number of ether oxygens (including phenoxy) is 1. The second-order valence-electron chi connectivity index (χ2n) is 7.51. The summed E-state index contributed by atoms with van der Waals surface area (Å²) >= 11 is 3.50. The minimum absolute atomic E-state index is 0.602. The van der Waals surface area contributed by atoms with Crippen LogP contribution in [-0.2, 0) is 11.3 Å². The summed E-state index contributed by atoms with van der Waals surface area (Å²) in [6.45, 7) is 4.05. The number of benzene rings is 2. The van der Waals surface area contributed by atoms with Gasteiger partial charge in [-0.3, -0.25) is 9.91 Å². The SMILES string of the molecule is CN1C=C(OCC2CCN(Cc3ccc(Br)cc3)CC2)N(c2ccccc2)N1. The predicted molar refractivity (Wildman–Crippen MR) is 116 cm³/mol. The van der Waals surface area contributed by atoms with E-state index in [1.165, 1.54) is 18.4 Å². The molecule has 2 aromatic rings. The summed E-state index contributed by atoms with van der Waals surface area (Å²) in [6, 6.07) is 18.9. The van der Waals surface area contributed by atoms with E-state index < -0.39 is 0 Å². The number of hydrazine groups is 2. The van der Waals surface area contributed by atoms with Gasteiger partial charge in [0.25, 0.3) is 0 Å². The number of nitrogens with zero attached hydrogens (tertiary/aromatic N) is 3. The van der Waals surface area contributed by atoms with E-state index in [0.717, 1.165) is 42.3 Å². The normalized spacial score (nSPS) is 18.4. The van der Waals surface area contributed by atoms with Crippen LogP contribution < -0.4 is 10.5 Å². The molecule has 0 amide bonds. The lowest BCUT2D eigenvalue weighted by Crippen LogP contribution is -2.39. The van der Waals surface area contributed by atoms with Gasteiger partial charge in [-0.1, -0.05) is 46.3 Å². The Hall–Kier alpha value is -2.02. The average molecular weight is 443 g/mol. The van der Waals surface area contributed by atoms with Gasteiger partial charge in [-0.05, 0) is 61.7 Å². The largest absolute Gasteiger partial charge is 0.477 e. The Morgan fingerprint density at radius 2 is 1.75 bits per heavy atom. The Kier molecular flexibility index (Phi) is 6.20. The molecule has 1 fully saturated rings. The smallest absolute Gasteiger partial charge is 0.228 e. The number of halogens is 1. The molecule has 2 aliphatic rings. The molecule has 0 aromatic heterocycles. The number of likely N-dealkylation sites (tertiary alicyclic amines) is 1. The van der Waals surface area contributed by atoms with Gasteiger partial charge in [0.1, 0.15) is 0 Å². The van der Waals surface area contributed by atoms with Crippen molar-refractivity contribution in [2.45, 2.75) is 19.4 Å². The van der Waals surface area contributed by atoms with Crippen molar-refractivity contribution < 1.29 is 4.74 Å². The molecule has 2 heterocycles. The van der Waals surface area contributed by atoms with Crippen LogP contribution in [0.3, 0.4) is 0 Å². The maximum atomic E-state index is 6.21. The third-order valence-corrected chi connectivity index (χ3v) is 5.82. The number of nitrogens with one attached hydrogen (secondary N) is 1. The molecule has 0 spiro atoms. The molecule has 148 valence electrons. The summed E-state index contributed by atoms with van der Waals surface area (Å²) in [5.41, 5.74) is 5.73. The molecule has 2 aliphatic heterocycles. The van der Waals surface area contributed by atoms with Crippen molar-refractivity contribution >= 4 is 21.6 Å². The third kappa shape index (κ3) is 4.87. The third-order valence-electron chi connectivity index (χ3n) is 5.29. The molecule has 2 aromatic carbocycles. The first-order valence-electron chi connectivity index (χ1n) is 9.83. The van der Waals surface area contributed by atoms with Crippen molar-refractivity contribution in [1.29, 1.82) is 0 Å². The highest BCUT2D eigenvalue weighted by Gasteiger charge is 2.24. The summed E-state index contributed by atoms with van der Waals surface area (Å²) in [5.74, 6) is 1.46. The first-order valence-corrected chi connectivity index (χ1v) is 10.6. The molecule has 0 saturated carbocycles. The van der Waals surface area contributed by atoms with E-state index in [4.69, 9.17) is 4.74 Å². The minimum Gasteiger partial charge on any atom is -0.477 e. The molecule has 6 heteroatoms. The Morgan fingerprint density at radius 3 is 2.46 bits per heavy atom. The maximum absolute atomic E-state index is 6.21. The number of piperidine rings is 1. The minimum atomic E-state index is 0.602. The fourth-order valence-electron chi connectivity index (χ4n) is 3.69. The summed E-state index contributed by atoms with van der Waals surface area (Å²) in [6.07, 6.45) is 4.35. The second-order valence-corrected chi connectivity index (χ2v) is 8.42. The molecule has 5 nitrogen and oxygen atoms in total. The van der Waals surface area contributed by atoms with Gasteiger partial charge < -0.3 is 4.74 Å². The van der Waals surface area contributed by atoms with E-state index in [1.54, 1.807) is 0 Å². The van der Waals surface area contributed by atoms with Gasteiger partial charge in [-0.25, -0.2) is 5.01 Å². The van der Waals surface area contributed by atoms with Crippen molar-refractivity contribution in [2.24, 2.45) is 5.92 Å². The summed E-state index contributed by atoms with van der Waals surface area (Å²) in [7, 11) is 1.98. The quantitative estimate of drug-likeness (QED) is 0.718. The van der Waals surface area contributed by atoms with Crippen molar-refractivity contribution in [3.8, 4) is 0 Å². The van der Waals surface area contributed by atoms with Gasteiger partial charge in [0.05, 0.1) is 18.5 Å². The summed E-state index contributed by atoms with van der Waals surface area (Å²) in [5, 5.41) is 3.91. The van der Waals surface area contributed by atoms with Crippen LogP contribution in [0.4, 0.5) is 5.69 Å². The molecule has 0 radical (unpaired) electrons. The number of anilines is 1. The molecular formula is C22H27BrN4O. The fourth-order valence-corrected chi connectivity index (χ4v) is 3.95. The van der Waals surface area contributed by atoms with Crippen molar-refractivity contribution in [3.05, 3.63) is 76.7 Å². The summed E-state index contributed by atoms with van der Waals surface area (Å²) < 4.78 is 7.34. The van der Waals surface area contributed by atoms with Crippen molar-refractivity contribution in [1.82, 2.24) is 15.4 Å². The van der Waals surface area contributed by atoms with Gasteiger partial charge in [0, 0.05) is 18.1 Å². The zero-order chi connectivity index (χ0) is 19.3. The molecule has 0 atom stereocenters. The molecule has 28 heavy (non-hydrogen) atoms. The Morgan fingerprint density at radius 1 is 1.04 bits per heavy atom. The Balaban J connectivity index is 1.26. The van der Waals surface area contributed by atoms with Gasteiger partial charge in [0.2, 0.25) is 5.88 Å². The fraction of sp³-hybridized carbons (Fsp3) is 0.364. The maximum Gasteiger partial charge on any atom is 0.228 e. The number of para-hydroxylation sites is 1. The molecular weight excluding hydrogens is 416 g/mol. The molecule has 0 bridgehead atoms. The molecule has 0 aliphatic carbocycles. The van der Waals surface area contributed by atoms with Crippen LogP contribution in [0.1, 0.15) is 18.4 Å². The van der Waals surface area contributed by atoms with Crippen LogP contribution in [0.25, 0.3) is 0 Å². The summed E-state index contributed by atoms with van der Waals surface area (Å²) in [4.78, 5) is 2.54. The number of rotatable bonds is 6. The lowest BCUT2D eigenvalue weighted by atomic mass is 9.97. The van der Waals surface area contributed by atoms with E-state index in [0.29, 0.717) is 5.92 Å². The van der Waals surface area contributed by atoms with E-state index in [9.17, 15) is 0 Å². The first kappa shape index (κ1) is 19.3. The van der Waals surface area contributed by atoms with Crippen LogP contribution in [0.5, 0.6) is 0 Å². The van der Waals surface area contributed by atoms with E-state index in [-0.39, 0.29) is 0 Å². The van der Waals surface area contributed by atoms with E-state index in [1.807, 2.05) is 41.5 Å². The number of hydrogen-bond donors (Lipinski definition) is 1. The Bertz CT molecular complexity index is 788. The van der Waals surface area contributed by atoms with E-state index in [2.05, 4.69) is 62.8 Å². The van der Waals surface area contributed by atoms with Crippen LogP contribution >= 0.6 is 15.9 Å². The van der Waals surface area contributed by atoms with Crippen molar-refractivity contribution in [3.63, 3.8) is 0 Å². The highest BCUT2D eigenvalue weighted by Crippen LogP contribution is 2.25. The van der Waals surface area contributed by atoms with Gasteiger partial charge in [-0.15, -0.1) is 5.53 Å². The van der Waals surface area contributed by atoms with Gasteiger partial charge in [0.15, 0.2) is 0 Å². The molecule has 0 unspecified atom stereocenters. The highest BCUT2D eigenvalue weighted by molar-refractivity contribution is 9.10. The van der Waals surface area contributed by atoms with Gasteiger partial charge >= 0.3 is 0 Å². The lowest BCUT2D eigenvalue weighted by Gasteiger charge is -2.32. The zero-order valence-corrected chi connectivity index (χ0v) is 17.8. The molecule has 4 rings (SSSR count). The first-order chi connectivity index (χ1) is 13.7. The van der Waals surface area contributed by atoms with Crippen LogP contribution in [0, 0.1) is 5.92 Å². The van der Waals surface area contributed by atoms with Gasteiger partial charge in [-0.2, -0.15) is 0 Å². The molecule has 1 N–H and O–H groups in total. The van der Waals surface area contributed by atoms with Crippen LogP contribution in [0.15, 0.2) is 71.2 Å². The van der Waals surface area contributed by atoms with Crippen LogP contribution in [-0.4, -0.2) is 36.7 Å². The Labute approximate surface area is 175 Å². The van der Waals surface area contributed by atoms with Crippen molar-refractivity contribution in [2.75, 3.05) is 31.8 Å².